The van der Waals surface area contributed by atoms with E-state index in [9.17, 15) is 27.2 Å². The third-order valence-electron chi connectivity index (χ3n) is 6.37. The second kappa shape index (κ2) is 7.82. The number of imidazole rings is 1. The first-order valence-electron chi connectivity index (χ1n) is 10.9. The van der Waals surface area contributed by atoms with E-state index >= 15 is 0 Å². The van der Waals surface area contributed by atoms with E-state index < -0.39 is 29.5 Å². The first kappa shape index (κ1) is 22.9. The number of benzene rings is 1. The molecule has 11 heteroatoms. The SMILES string of the molecule is Cc1cn(-c2ccc3n(c2=O)C[C@@H](C)N(Cc2cn(C)c4c(C(F)(F)F)cc(F)cc24)C3=O)cn1. The quantitative estimate of drug-likeness (QED) is 0.410. The maximum absolute atomic E-state index is 14.1. The van der Waals surface area contributed by atoms with Gasteiger partial charge < -0.3 is 18.6 Å². The van der Waals surface area contributed by atoms with Gasteiger partial charge in [0.2, 0.25) is 0 Å². The van der Waals surface area contributed by atoms with Crippen molar-refractivity contribution in [3.63, 3.8) is 0 Å². The van der Waals surface area contributed by atoms with Crippen LogP contribution in [-0.4, -0.2) is 35.5 Å². The van der Waals surface area contributed by atoms with Gasteiger partial charge in [-0.25, -0.2) is 9.37 Å². The summed E-state index contributed by atoms with van der Waals surface area (Å²) in [6.45, 7) is 3.73. The van der Waals surface area contributed by atoms with E-state index in [4.69, 9.17) is 0 Å². The molecule has 1 aliphatic heterocycles. The van der Waals surface area contributed by atoms with Crippen LogP contribution in [0, 0.1) is 12.7 Å². The molecule has 0 spiro atoms. The number of aromatic nitrogens is 4. The van der Waals surface area contributed by atoms with Crippen molar-refractivity contribution in [1.82, 2.24) is 23.6 Å². The number of fused-ring (bicyclic) bond motifs is 2. The number of aryl methyl sites for hydroxylation is 2. The lowest BCUT2D eigenvalue weighted by Gasteiger charge is -2.35. The smallest absolute Gasteiger partial charge is 0.350 e. The number of hydrogen-bond donors (Lipinski definition) is 0. The number of hydrogen-bond acceptors (Lipinski definition) is 3. The summed E-state index contributed by atoms with van der Waals surface area (Å²) in [4.78, 5) is 32.1. The second-order valence-electron chi connectivity index (χ2n) is 8.84. The highest BCUT2D eigenvalue weighted by Gasteiger charge is 2.36. The van der Waals surface area contributed by atoms with Gasteiger partial charge in [0, 0.05) is 44.0 Å². The lowest BCUT2D eigenvalue weighted by Crippen LogP contribution is -2.49. The molecule has 0 saturated heterocycles. The molecule has 5 rings (SSSR count). The Kier molecular flexibility index (Phi) is 5.11. The van der Waals surface area contributed by atoms with Crippen molar-refractivity contribution < 1.29 is 22.4 Å². The van der Waals surface area contributed by atoms with Gasteiger partial charge >= 0.3 is 6.18 Å². The summed E-state index contributed by atoms with van der Waals surface area (Å²) in [7, 11) is 1.45. The number of nitrogens with zero attached hydrogens (tertiary/aromatic N) is 5. The van der Waals surface area contributed by atoms with Gasteiger partial charge in [-0.1, -0.05) is 0 Å². The maximum atomic E-state index is 14.1. The van der Waals surface area contributed by atoms with Crippen LogP contribution in [0.5, 0.6) is 0 Å². The van der Waals surface area contributed by atoms with Crippen LogP contribution in [0.2, 0.25) is 0 Å². The van der Waals surface area contributed by atoms with Gasteiger partial charge in [-0.2, -0.15) is 13.2 Å². The molecule has 1 atom stereocenters. The van der Waals surface area contributed by atoms with Crippen LogP contribution in [0.1, 0.15) is 34.2 Å². The van der Waals surface area contributed by atoms with Crippen molar-refractivity contribution >= 4 is 16.8 Å². The van der Waals surface area contributed by atoms with Crippen LogP contribution in [-0.2, 0) is 26.3 Å². The summed E-state index contributed by atoms with van der Waals surface area (Å²) in [5.41, 5.74) is 0.0863. The number of carbonyl (C=O) groups is 1. The Morgan fingerprint density at radius 1 is 1.14 bits per heavy atom. The van der Waals surface area contributed by atoms with Gasteiger partial charge in [0.1, 0.15) is 17.2 Å². The molecule has 0 N–H and O–H groups in total. The molecule has 182 valence electrons. The lowest BCUT2D eigenvalue weighted by atomic mass is 10.1. The average Bonchev–Trinajstić information content (AvgIpc) is 3.33. The Hall–Kier alpha value is -3.89. The molecule has 1 aromatic carbocycles. The van der Waals surface area contributed by atoms with Crippen LogP contribution in [0.15, 0.2) is 47.8 Å². The second-order valence-corrected chi connectivity index (χ2v) is 8.84. The molecule has 0 bridgehead atoms. The van der Waals surface area contributed by atoms with E-state index in [-0.39, 0.29) is 35.2 Å². The molecule has 0 radical (unpaired) electrons. The molecular formula is C24H21F4N5O2. The fourth-order valence-electron chi connectivity index (χ4n) is 4.74. The van der Waals surface area contributed by atoms with Gasteiger partial charge in [0.05, 0.1) is 23.1 Å². The van der Waals surface area contributed by atoms with E-state index in [0.717, 1.165) is 11.8 Å². The minimum Gasteiger partial charge on any atom is -0.350 e. The normalized spacial score (nSPS) is 16.3. The third-order valence-corrected chi connectivity index (χ3v) is 6.37. The molecule has 4 aromatic rings. The molecule has 35 heavy (non-hydrogen) atoms. The summed E-state index contributed by atoms with van der Waals surface area (Å²) in [5.74, 6) is -1.44. The summed E-state index contributed by atoms with van der Waals surface area (Å²) in [5, 5.41) is 0.0913. The topological polar surface area (TPSA) is 65.1 Å². The largest absolute Gasteiger partial charge is 0.418 e. The van der Waals surface area contributed by atoms with E-state index in [1.165, 1.54) is 33.6 Å². The van der Waals surface area contributed by atoms with Crippen LogP contribution in [0.4, 0.5) is 17.6 Å². The Bertz CT molecular complexity index is 1550. The molecule has 7 nitrogen and oxygen atoms in total. The molecule has 1 aliphatic rings. The molecule has 0 aliphatic carbocycles. The zero-order chi connectivity index (χ0) is 25.2. The summed E-state index contributed by atoms with van der Waals surface area (Å²) < 4.78 is 59.1. The van der Waals surface area contributed by atoms with Crippen LogP contribution >= 0.6 is 0 Å². The predicted octanol–water partition coefficient (Wildman–Crippen LogP) is 4.04. The van der Waals surface area contributed by atoms with Crippen LogP contribution in [0.25, 0.3) is 16.6 Å². The van der Waals surface area contributed by atoms with Crippen molar-refractivity contribution in [3.05, 3.63) is 81.7 Å². The molecule has 0 fully saturated rings. The highest BCUT2D eigenvalue weighted by Crippen LogP contribution is 2.37. The van der Waals surface area contributed by atoms with Gasteiger partial charge in [-0.15, -0.1) is 0 Å². The molecule has 4 heterocycles. The highest BCUT2D eigenvalue weighted by atomic mass is 19.4. The van der Waals surface area contributed by atoms with Crippen LogP contribution in [0.3, 0.4) is 0 Å². The first-order valence-corrected chi connectivity index (χ1v) is 10.9. The van der Waals surface area contributed by atoms with Crippen molar-refractivity contribution in [2.75, 3.05) is 0 Å². The van der Waals surface area contributed by atoms with E-state index in [1.807, 2.05) is 0 Å². The zero-order valence-electron chi connectivity index (χ0n) is 19.1. The zero-order valence-corrected chi connectivity index (χ0v) is 19.1. The number of alkyl halides is 3. The molecular weight excluding hydrogens is 466 g/mol. The van der Waals surface area contributed by atoms with Gasteiger partial charge in [-0.3, -0.25) is 9.59 Å². The van der Waals surface area contributed by atoms with Crippen molar-refractivity contribution in [1.29, 1.82) is 0 Å². The minimum atomic E-state index is -4.73. The molecule has 1 amide bonds. The van der Waals surface area contributed by atoms with Crippen molar-refractivity contribution in [3.8, 4) is 5.69 Å². The minimum absolute atomic E-state index is 0.0330. The van der Waals surface area contributed by atoms with Gasteiger partial charge in [-0.05, 0) is 43.7 Å². The van der Waals surface area contributed by atoms with E-state index in [0.29, 0.717) is 17.3 Å². The Morgan fingerprint density at radius 2 is 1.89 bits per heavy atom. The highest BCUT2D eigenvalue weighted by molar-refractivity contribution is 5.94. The maximum Gasteiger partial charge on any atom is 0.418 e. The Balaban J connectivity index is 1.54. The monoisotopic (exact) mass is 487 g/mol. The number of rotatable bonds is 3. The average molecular weight is 487 g/mol. The van der Waals surface area contributed by atoms with E-state index in [2.05, 4.69) is 4.98 Å². The number of halogens is 4. The summed E-state index contributed by atoms with van der Waals surface area (Å²) in [6.07, 6.45) is -0.0256. The fraction of sp³-hybridized carbons (Fsp3) is 0.292. The molecule has 3 aromatic heterocycles. The van der Waals surface area contributed by atoms with Gasteiger partial charge in [0.15, 0.2) is 0 Å². The summed E-state index contributed by atoms with van der Waals surface area (Å²) in [6, 6.07) is 4.19. The predicted molar refractivity (Wildman–Crippen MR) is 120 cm³/mol. The number of pyridine rings is 1. The van der Waals surface area contributed by atoms with Crippen molar-refractivity contribution in [2.45, 2.75) is 39.2 Å². The fourth-order valence-corrected chi connectivity index (χ4v) is 4.74. The van der Waals surface area contributed by atoms with E-state index in [1.54, 1.807) is 36.7 Å². The Morgan fingerprint density at radius 3 is 2.54 bits per heavy atom. The number of carbonyl (C=O) groups excluding carboxylic acids is 1. The first-order chi connectivity index (χ1) is 16.5. The third kappa shape index (κ3) is 3.71. The Labute approximate surface area is 196 Å². The van der Waals surface area contributed by atoms with Crippen LogP contribution < -0.4 is 5.56 Å². The molecule has 0 unspecified atom stereocenters. The molecule has 0 saturated carbocycles. The van der Waals surface area contributed by atoms with Crippen molar-refractivity contribution in [2.24, 2.45) is 7.05 Å². The lowest BCUT2D eigenvalue weighted by molar-refractivity contribution is -0.136. The standard InChI is InChI=1S/C24H21F4N5O2/c1-13-8-31(12-29-13)19-4-5-20-23(35)32(14(2)9-33(20)22(19)34)11-15-10-30(3)21-17(15)6-16(25)7-18(21)24(26,27)28/h4-8,10,12,14H,9,11H2,1-3H3/t14-/m1/s1. The van der Waals surface area contributed by atoms with Gasteiger partial charge in [0.25, 0.3) is 11.5 Å². The number of amides is 1. The summed E-state index contributed by atoms with van der Waals surface area (Å²) >= 11 is 0.